The number of methoxy groups -OCH3 is 1. The van der Waals surface area contributed by atoms with Crippen molar-refractivity contribution in [2.24, 2.45) is 0 Å². The third kappa shape index (κ3) is 2.77. The standard InChI is InChI=1S/C18H20N2O2/c1-13-10-15-16(11-14(13)2)20(12-19-15)8-9-22-18-7-5-4-6-17(18)21-3/h4-7,10-12H,8-9H2,1-3H3. The summed E-state index contributed by atoms with van der Waals surface area (Å²) in [7, 11) is 1.65. The van der Waals surface area contributed by atoms with Crippen molar-refractivity contribution in [1.29, 1.82) is 0 Å². The van der Waals surface area contributed by atoms with E-state index in [9.17, 15) is 0 Å². The molecule has 0 saturated heterocycles. The second-order valence-electron chi connectivity index (χ2n) is 5.36. The molecule has 0 aliphatic heterocycles. The predicted molar refractivity (Wildman–Crippen MR) is 87.7 cm³/mol. The Morgan fingerprint density at radius 3 is 2.55 bits per heavy atom. The van der Waals surface area contributed by atoms with Gasteiger partial charge in [0.1, 0.15) is 6.61 Å². The summed E-state index contributed by atoms with van der Waals surface area (Å²) in [5.41, 5.74) is 4.72. The summed E-state index contributed by atoms with van der Waals surface area (Å²) in [6, 6.07) is 12.0. The molecule has 2 aromatic carbocycles. The second-order valence-corrected chi connectivity index (χ2v) is 5.36. The minimum Gasteiger partial charge on any atom is -0.493 e. The van der Waals surface area contributed by atoms with Crippen LogP contribution >= 0.6 is 0 Å². The Labute approximate surface area is 130 Å². The van der Waals surface area contributed by atoms with E-state index in [1.54, 1.807) is 7.11 Å². The van der Waals surface area contributed by atoms with Crippen LogP contribution in [-0.4, -0.2) is 23.3 Å². The summed E-state index contributed by atoms with van der Waals surface area (Å²) >= 11 is 0. The molecule has 0 fully saturated rings. The van der Waals surface area contributed by atoms with Gasteiger partial charge in [-0.05, 0) is 49.2 Å². The van der Waals surface area contributed by atoms with E-state index in [1.165, 1.54) is 11.1 Å². The highest BCUT2D eigenvalue weighted by Crippen LogP contribution is 2.26. The molecular weight excluding hydrogens is 276 g/mol. The van der Waals surface area contributed by atoms with Gasteiger partial charge in [0.15, 0.2) is 11.5 Å². The van der Waals surface area contributed by atoms with Crippen LogP contribution < -0.4 is 9.47 Å². The largest absolute Gasteiger partial charge is 0.493 e. The number of aromatic nitrogens is 2. The van der Waals surface area contributed by atoms with Crippen molar-refractivity contribution >= 4 is 11.0 Å². The highest BCUT2D eigenvalue weighted by Gasteiger charge is 2.06. The van der Waals surface area contributed by atoms with Crippen molar-refractivity contribution in [1.82, 2.24) is 9.55 Å². The van der Waals surface area contributed by atoms with E-state index >= 15 is 0 Å². The molecule has 0 radical (unpaired) electrons. The quantitative estimate of drug-likeness (QED) is 0.719. The van der Waals surface area contributed by atoms with Gasteiger partial charge in [0.25, 0.3) is 0 Å². The molecule has 114 valence electrons. The van der Waals surface area contributed by atoms with Gasteiger partial charge in [-0.1, -0.05) is 12.1 Å². The molecule has 0 N–H and O–H groups in total. The fourth-order valence-electron chi connectivity index (χ4n) is 2.48. The van der Waals surface area contributed by atoms with Crippen LogP contribution in [0.1, 0.15) is 11.1 Å². The normalized spacial score (nSPS) is 10.9. The van der Waals surface area contributed by atoms with Crippen LogP contribution in [0.2, 0.25) is 0 Å². The monoisotopic (exact) mass is 296 g/mol. The molecule has 4 nitrogen and oxygen atoms in total. The Hall–Kier alpha value is -2.49. The highest BCUT2D eigenvalue weighted by molar-refractivity contribution is 5.77. The van der Waals surface area contributed by atoms with Crippen LogP contribution in [0.25, 0.3) is 11.0 Å². The van der Waals surface area contributed by atoms with Gasteiger partial charge < -0.3 is 14.0 Å². The summed E-state index contributed by atoms with van der Waals surface area (Å²) in [4.78, 5) is 4.46. The summed E-state index contributed by atoms with van der Waals surface area (Å²) in [6.45, 7) is 5.55. The van der Waals surface area contributed by atoms with E-state index in [4.69, 9.17) is 9.47 Å². The molecule has 0 aliphatic carbocycles. The van der Waals surface area contributed by atoms with E-state index in [2.05, 4.69) is 35.5 Å². The summed E-state index contributed by atoms with van der Waals surface area (Å²) in [6.07, 6.45) is 1.87. The lowest BCUT2D eigenvalue weighted by molar-refractivity contribution is 0.281. The first kappa shape index (κ1) is 14.4. The fourth-order valence-corrected chi connectivity index (χ4v) is 2.48. The van der Waals surface area contributed by atoms with Gasteiger partial charge in [-0.3, -0.25) is 0 Å². The number of aryl methyl sites for hydroxylation is 2. The number of para-hydroxylation sites is 2. The molecule has 4 heteroatoms. The molecular formula is C18H20N2O2. The summed E-state index contributed by atoms with van der Waals surface area (Å²) in [5, 5.41) is 0. The lowest BCUT2D eigenvalue weighted by Crippen LogP contribution is -2.08. The van der Waals surface area contributed by atoms with E-state index in [1.807, 2.05) is 30.6 Å². The first-order valence-corrected chi connectivity index (χ1v) is 7.37. The summed E-state index contributed by atoms with van der Waals surface area (Å²) in [5.74, 6) is 1.52. The van der Waals surface area contributed by atoms with Gasteiger partial charge in [-0.25, -0.2) is 4.98 Å². The maximum Gasteiger partial charge on any atom is 0.161 e. The van der Waals surface area contributed by atoms with Crippen molar-refractivity contribution < 1.29 is 9.47 Å². The Morgan fingerprint density at radius 2 is 1.77 bits per heavy atom. The number of imidazole rings is 1. The van der Waals surface area contributed by atoms with Crippen molar-refractivity contribution in [3.63, 3.8) is 0 Å². The zero-order valence-corrected chi connectivity index (χ0v) is 13.2. The van der Waals surface area contributed by atoms with Gasteiger partial charge in [0, 0.05) is 0 Å². The Bertz CT molecular complexity index is 793. The average molecular weight is 296 g/mol. The third-order valence-corrected chi connectivity index (χ3v) is 3.90. The maximum absolute atomic E-state index is 5.83. The average Bonchev–Trinajstić information content (AvgIpc) is 2.90. The molecule has 22 heavy (non-hydrogen) atoms. The molecule has 0 unspecified atom stereocenters. The third-order valence-electron chi connectivity index (χ3n) is 3.90. The minimum absolute atomic E-state index is 0.568. The first-order chi connectivity index (χ1) is 10.7. The number of nitrogens with zero attached hydrogens (tertiary/aromatic N) is 2. The zero-order chi connectivity index (χ0) is 15.5. The van der Waals surface area contributed by atoms with Crippen molar-refractivity contribution in [2.45, 2.75) is 20.4 Å². The van der Waals surface area contributed by atoms with E-state index < -0.39 is 0 Å². The lowest BCUT2D eigenvalue weighted by atomic mass is 10.1. The zero-order valence-electron chi connectivity index (χ0n) is 13.2. The van der Waals surface area contributed by atoms with E-state index in [0.29, 0.717) is 6.61 Å². The van der Waals surface area contributed by atoms with Gasteiger partial charge in [0.2, 0.25) is 0 Å². The molecule has 1 heterocycles. The molecule has 0 aliphatic rings. The summed E-state index contributed by atoms with van der Waals surface area (Å²) < 4.78 is 13.2. The topological polar surface area (TPSA) is 36.3 Å². The van der Waals surface area contributed by atoms with Crippen LogP contribution in [0.15, 0.2) is 42.7 Å². The molecule has 0 atom stereocenters. The Kier molecular flexibility index (Phi) is 4.00. The van der Waals surface area contributed by atoms with Gasteiger partial charge in [-0.2, -0.15) is 0 Å². The van der Waals surface area contributed by atoms with Crippen molar-refractivity contribution in [2.75, 3.05) is 13.7 Å². The fraction of sp³-hybridized carbons (Fsp3) is 0.278. The van der Waals surface area contributed by atoms with Crippen LogP contribution in [-0.2, 0) is 6.54 Å². The van der Waals surface area contributed by atoms with Gasteiger partial charge in [0.05, 0.1) is 31.0 Å². The molecule has 0 bridgehead atoms. The second kappa shape index (κ2) is 6.10. The van der Waals surface area contributed by atoms with Crippen LogP contribution in [0.4, 0.5) is 0 Å². The van der Waals surface area contributed by atoms with Crippen molar-refractivity contribution in [3.8, 4) is 11.5 Å². The Morgan fingerprint density at radius 1 is 1.05 bits per heavy atom. The van der Waals surface area contributed by atoms with E-state index in [-0.39, 0.29) is 0 Å². The molecule has 3 rings (SSSR count). The van der Waals surface area contributed by atoms with Gasteiger partial charge >= 0.3 is 0 Å². The van der Waals surface area contributed by atoms with Crippen LogP contribution in [0.5, 0.6) is 11.5 Å². The van der Waals surface area contributed by atoms with Crippen LogP contribution in [0, 0.1) is 13.8 Å². The van der Waals surface area contributed by atoms with Gasteiger partial charge in [-0.15, -0.1) is 0 Å². The van der Waals surface area contributed by atoms with Crippen molar-refractivity contribution in [3.05, 3.63) is 53.9 Å². The first-order valence-electron chi connectivity index (χ1n) is 7.37. The Balaban J connectivity index is 1.73. The smallest absolute Gasteiger partial charge is 0.161 e. The number of rotatable bonds is 5. The molecule has 3 aromatic rings. The minimum atomic E-state index is 0.568. The molecule has 0 amide bonds. The molecule has 1 aromatic heterocycles. The lowest BCUT2D eigenvalue weighted by Gasteiger charge is -2.11. The molecule has 0 saturated carbocycles. The van der Waals surface area contributed by atoms with E-state index in [0.717, 1.165) is 29.1 Å². The predicted octanol–water partition coefficient (Wildman–Crippen LogP) is 3.74. The maximum atomic E-state index is 5.83. The highest BCUT2D eigenvalue weighted by atomic mass is 16.5. The number of ether oxygens (including phenoxy) is 2. The number of hydrogen-bond donors (Lipinski definition) is 0. The number of hydrogen-bond acceptors (Lipinski definition) is 3. The van der Waals surface area contributed by atoms with Crippen LogP contribution in [0.3, 0.4) is 0 Å². The number of benzene rings is 2. The number of fused-ring (bicyclic) bond motifs is 1. The SMILES string of the molecule is COc1ccccc1OCCn1cnc2cc(C)c(C)cc21. The molecule has 0 spiro atoms.